The van der Waals surface area contributed by atoms with Crippen LogP contribution in [0.25, 0.3) is 11.0 Å². The van der Waals surface area contributed by atoms with E-state index in [2.05, 4.69) is 10.3 Å². The number of nitrogens with one attached hydrogen (secondary N) is 1. The predicted molar refractivity (Wildman–Crippen MR) is 89.0 cm³/mol. The minimum atomic E-state index is -0.310. The monoisotopic (exact) mass is 314 g/mol. The normalized spacial score (nSPS) is 18.2. The van der Waals surface area contributed by atoms with Crippen molar-refractivity contribution in [2.24, 2.45) is 5.92 Å². The lowest BCUT2D eigenvalue weighted by Crippen LogP contribution is -2.33. The number of rotatable bonds is 4. The molecule has 122 valence electrons. The van der Waals surface area contributed by atoms with Crippen molar-refractivity contribution in [1.82, 2.24) is 14.5 Å². The Morgan fingerprint density at radius 1 is 1.39 bits per heavy atom. The van der Waals surface area contributed by atoms with Gasteiger partial charge in [-0.15, -0.1) is 0 Å². The molecule has 0 spiro atoms. The smallest absolute Gasteiger partial charge is 0.232 e. The number of aryl methyl sites for hydroxylation is 1. The Kier molecular flexibility index (Phi) is 4.07. The predicted octanol–water partition coefficient (Wildman–Crippen LogP) is 2.25. The lowest BCUT2D eigenvalue weighted by molar-refractivity contribution is -0.129. The number of carbonyl (C=O) groups excluding carboxylic acids is 2. The fourth-order valence-corrected chi connectivity index (χ4v) is 3.11. The molecule has 0 radical (unpaired) electrons. The van der Waals surface area contributed by atoms with Crippen molar-refractivity contribution in [3.05, 3.63) is 24.3 Å². The van der Waals surface area contributed by atoms with Crippen molar-refractivity contribution < 1.29 is 9.59 Å². The Labute approximate surface area is 135 Å². The first-order valence-corrected chi connectivity index (χ1v) is 8.06. The van der Waals surface area contributed by atoms with E-state index in [1.165, 1.54) is 0 Å². The molecule has 0 bridgehead atoms. The third-order valence-corrected chi connectivity index (χ3v) is 4.36. The molecule has 1 aromatic carbocycles. The first kappa shape index (κ1) is 15.5. The number of aromatic nitrogens is 2. The maximum Gasteiger partial charge on any atom is 0.232 e. The van der Waals surface area contributed by atoms with Gasteiger partial charge in [-0.25, -0.2) is 4.98 Å². The summed E-state index contributed by atoms with van der Waals surface area (Å²) in [5, 5.41) is 2.91. The molecule has 6 nitrogen and oxygen atoms in total. The molecular weight excluding hydrogens is 292 g/mol. The number of hydrogen-bond donors (Lipinski definition) is 1. The van der Waals surface area contributed by atoms with Gasteiger partial charge in [0.25, 0.3) is 0 Å². The van der Waals surface area contributed by atoms with Crippen LogP contribution in [-0.2, 0) is 16.1 Å². The van der Waals surface area contributed by atoms with E-state index < -0.39 is 0 Å². The highest BCUT2D eigenvalue weighted by Gasteiger charge is 2.35. The molecule has 2 amide bonds. The number of anilines is 1. The second-order valence-electron chi connectivity index (χ2n) is 6.20. The minimum absolute atomic E-state index is 0.0455. The zero-order valence-electron chi connectivity index (χ0n) is 13.7. The topological polar surface area (TPSA) is 67.2 Å². The van der Waals surface area contributed by atoms with Crippen molar-refractivity contribution in [3.63, 3.8) is 0 Å². The number of benzene rings is 1. The SMILES string of the molecule is CCn1c(NC(=O)[C@H]2CC(=O)N(C(C)C)C2)nc2ccccc21. The van der Waals surface area contributed by atoms with Crippen molar-refractivity contribution in [3.8, 4) is 0 Å². The van der Waals surface area contributed by atoms with E-state index in [1.54, 1.807) is 4.90 Å². The number of carbonyl (C=O) groups is 2. The van der Waals surface area contributed by atoms with Crippen LogP contribution in [0.2, 0.25) is 0 Å². The van der Waals surface area contributed by atoms with Crippen LogP contribution in [0.3, 0.4) is 0 Å². The van der Waals surface area contributed by atoms with Crippen LogP contribution in [0.1, 0.15) is 27.2 Å². The van der Waals surface area contributed by atoms with Gasteiger partial charge >= 0.3 is 0 Å². The zero-order chi connectivity index (χ0) is 16.6. The second-order valence-corrected chi connectivity index (χ2v) is 6.20. The molecule has 3 rings (SSSR count). The van der Waals surface area contributed by atoms with Gasteiger partial charge in [-0.05, 0) is 32.9 Å². The highest BCUT2D eigenvalue weighted by Crippen LogP contribution is 2.23. The summed E-state index contributed by atoms with van der Waals surface area (Å²) in [6.07, 6.45) is 0.274. The Morgan fingerprint density at radius 3 is 2.78 bits per heavy atom. The Bertz CT molecular complexity index is 750. The number of nitrogens with zero attached hydrogens (tertiary/aromatic N) is 3. The second kappa shape index (κ2) is 6.02. The van der Waals surface area contributed by atoms with Crippen molar-refractivity contribution in [1.29, 1.82) is 0 Å². The van der Waals surface area contributed by atoms with Crippen LogP contribution >= 0.6 is 0 Å². The molecule has 0 unspecified atom stereocenters. The fraction of sp³-hybridized carbons (Fsp3) is 0.471. The summed E-state index contributed by atoms with van der Waals surface area (Å²) in [6, 6.07) is 7.92. The molecule has 1 N–H and O–H groups in total. The molecule has 1 aromatic heterocycles. The number of amides is 2. The molecular formula is C17H22N4O2. The summed E-state index contributed by atoms with van der Waals surface area (Å²) >= 11 is 0. The van der Waals surface area contributed by atoms with Crippen LogP contribution in [-0.4, -0.2) is 38.9 Å². The molecule has 1 fully saturated rings. The highest BCUT2D eigenvalue weighted by atomic mass is 16.2. The van der Waals surface area contributed by atoms with Gasteiger partial charge < -0.3 is 9.47 Å². The van der Waals surface area contributed by atoms with Crippen LogP contribution < -0.4 is 5.32 Å². The van der Waals surface area contributed by atoms with Gasteiger partial charge in [0, 0.05) is 25.6 Å². The average molecular weight is 314 g/mol. The first-order valence-electron chi connectivity index (χ1n) is 8.06. The average Bonchev–Trinajstić information content (AvgIpc) is 3.07. The number of fused-ring (bicyclic) bond motifs is 1. The molecule has 23 heavy (non-hydrogen) atoms. The van der Waals surface area contributed by atoms with E-state index in [4.69, 9.17) is 0 Å². The van der Waals surface area contributed by atoms with Crippen molar-refractivity contribution >= 4 is 28.8 Å². The van der Waals surface area contributed by atoms with E-state index in [9.17, 15) is 9.59 Å². The summed E-state index contributed by atoms with van der Waals surface area (Å²) in [5.41, 5.74) is 1.85. The molecule has 6 heteroatoms. The molecule has 0 aliphatic carbocycles. The standard InChI is InChI=1S/C17H22N4O2/c1-4-20-14-8-6-5-7-13(14)18-17(20)19-16(23)12-9-15(22)21(10-12)11(2)3/h5-8,11-12H,4,9-10H2,1-3H3,(H,18,19,23)/t12-/m0/s1. The van der Waals surface area contributed by atoms with Gasteiger partial charge in [-0.1, -0.05) is 12.1 Å². The maximum absolute atomic E-state index is 12.5. The first-order chi connectivity index (χ1) is 11.0. The summed E-state index contributed by atoms with van der Waals surface area (Å²) in [6.45, 7) is 7.15. The van der Waals surface area contributed by atoms with Gasteiger partial charge in [0.1, 0.15) is 0 Å². The van der Waals surface area contributed by atoms with Gasteiger partial charge in [-0.2, -0.15) is 0 Å². The molecule has 2 aromatic rings. The Balaban J connectivity index is 1.80. The van der Waals surface area contributed by atoms with Crippen molar-refractivity contribution in [2.75, 3.05) is 11.9 Å². The molecule has 2 heterocycles. The minimum Gasteiger partial charge on any atom is -0.339 e. The summed E-state index contributed by atoms with van der Waals surface area (Å²) in [5.74, 6) is 0.153. The Morgan fingerprint density at radius 2 is 2.13 bits per heavy atom. The van der Waals surface area contributed by atoms with Crippen LogP contribution in [0.5, 0.6) is 0 Å². The number of likely N-dealkylation sites (tertiary alicyclic amines) is 1. The highest BCUT2D eigenvalue weighted by molar-refractivity contribution is 5.97. The maximum atomic E-state index is 12.5. The fourth-order valence-electron chi connectivity index (χ4n) is 3.11. The van der Waals surface area contributed by atoms with E-state index in [0.29, 0.717) is 12.5 Å². The third-order valence-electron chi connectivity index (χ3n) is 4.36. The van der Waals surface area contributed by atoms with Gasteiger partial charge in [0.2, 0.25) is 17.8 Å². The summed E-state index contributed by atoms with van der Waals surface area (Å²) in [4.78, 5) is 30.8. The van der Waals surface area contributed by atoms with E-state index >= 15 is 0 Å². The number of imidazole rings is 1. The number of hydrogen-bond acceptors (Lipinski definition) is 3. The quantitative estimate of drug-likeness (QED) is 0.941. The lowest BCUT2D eigenvalue weighted by atomic mass is 10.1. The Hall–Kier alpha value is -2.37. The van der Waals surface area contributed by atoms with E-state index in [1.807, 2.05) is 49.6 Å². The van der Waals surface area contributed by atoms with Crippen LogP contribution in [0, 0.1) is 5.92 Å². The molecule has 0 saturated carbocycles. The summed E-state index contributed by atoms with van der Waals surface area (Å²) < 4.78 is 1.98. The van der Waals surface area contributed by atoms with Gasteiger partial charge in [-0.3, -0.25) is 14.9 Å². The van der Waals surface area contributed by atoms with Crippen molar-refractivity contribution in [2.45, 2.75) is 39.8 Å². The molecule has 1 aliphatic heterocycles. The van der Waals surface area contributed by atoms with Gasteiger partial charge in [0.05, 0.1) is 17.0 Å². The largest absolute Gasteiger partial charge is 0.339 e. The number of para-hydroxylation sites is 2. The van der Waals surface area contributed by atoms with Gasteiger partial charge in [0.15, 0.2) is 0 Å². The van der Waals surface area contributed by atoms with Crippen LogP contribution in [0.4, 0.5) is 5.95 Å². The molecule has 1 aliphatic rings. The zero-order valence-corrected chi connectivity index (χ0v) is 13.7. The van der Waals surface area contributed by atoms with E-state index in [0.717, 1.165) is 17.6 Å². The lowest BCUT2D eigenvalue weighted by Gasteiger charge is -2.20. The molecule has 1 saturated heterocycles. The molecule has 1 atom stereocenters. The third kappa shape index (κ3) is 2.81. The van der Waals surface area contributed by atoms with Crippen LogP contribution in [0.15, 0.2) is 24.3 Å². The van der Waals surface area contributed by atoms with E-state index in [-0.39, 0.29) is 30.2 Å². The summed E-state index contributed by atoms with van der Waals surface area (Å²) in [7, 11) is 0.